The predicted molar refractivity (Wildman–Crippen MR) is 362 cm³/mol. The molecule has 474 valence electrons. The Morgan fingerprint density at radius 1 is 0.253 bits per heavy atom. The van der Waals surface area contributed by atoms with Gasteiger partial charge in [0.1, 0.15) is 13.2 Å². The maximum atomic E-state index is 12.9. The Kier molecular flexibility index (Phi) is 66.7. The van der Waals surface area contributed by atoms with Gasteiger partial charge in [0.15, 0.2) is 6.10 Å². The maximum absolute atomic E-state index is 12.9. The van der Waals surface area contributed by atoms with Crippen LogP contribution in [-0.2, 0) is 28.6 Å². The first-order valence-electron chi connectivity index (χ1n) is 35.0. The van der Waals surface area contributed by atoms with Crippen LogP contribution in [0, 0.1) is 0 Å². The van der Waals surface area contributed by atoms with Gasteiger partial charge in [-0.25, -0.2) is 0 Å². The van der Waals surface area contributed by atoms with Crippen molar-refractivity contribution in [1.29, 1.82) is 0 Å². The molecule has 0 spiro atoms. The second-order valence-corrected chi connectivity index (χ2v) is 23.0. The van der Waals surface area contributed by atoms with E-state index in [1.165, 1.54) is 161 Å². The zero-order valence-electron chi connectivity index (χ0n) is 54.4. The summed E-state index contributed by atoms with van der Waals surface area (Å²) in [4.78, 5) is 38.4. The number of carbonyl (C=O) groups excluding carboxylic acids is 3. The molecule has 0 aromatic heterocycles. The van der Waals surface area contributed by atoms with E-state index < -0.39 is 6.10 Å². The van der Waals surface area contributed by atoms with Crippen LogP contribution in [0.2, 0.25) is 0 Å². The molecular weight excluding hydrogens is 1020 g/mol. The number of ether oxygens (including phenoxy) is 3. The van der Waals surface area contributed by atoms with Crippen LogP contribution in [0.25, 0.3) is 0 Å². The fourth-order valence-corrected chi connectivity index (χ4v) is 9.79. The summed E-state index contributed by atoms with van der Waals surface area (Å²) in [5.74, 6) is -0.904. The van der Waals surface area contributed by atoms with Gasteiger partial charge in [-0.2, -0.15) is 0 Å². The summed E-state index contributed by atoms with van der Waals surface area (Å²) in [6.45, 7) is 6.42. The molecule has 1 atom stereocenters. The number of hydrogen-bond acceptors (Lipinski definition) is 6. The molecule has 0 heterocycles. The Morgan fingerprint density at radius 3 is 0.747 bits per heavy atom. The fourth-order valence-electron chi connectivity index (χ4n) is 9.79. The van der Waals surface area contributed by atoms with Gasteiger partial charge in [0.05, 0.1) is 0 Å². The Labute approximate surface area is 513 Å². The predicted octanol–water partition coefficient (Wildman–Crippen LogP) is 24.3. The van der Waals surface area contributed by atoms with Crippen molar-refractivity contribution >= 4 is 17.9 Å². The lowest BCUT2D eigenvalue weighted by Gasteiger charge is -2.18. The van der Waals surface area contributed by atoms with Crippen LogP contribution in [-0.4, -0.2) is 37.2 Å². The third-order valence-electron chi connectivity index (χ3n) is 15.0. The van der Waals surface area contributed by atoms with Crippen LogP contribution in [0.3, 0.4) is 0 Å². The molecule has 0 aromatic carbocycles. The summed E-state index contributed by atoms with van der Waals surface area (Å²) >= 11 is 0. The smallest absolute Gasteiger partial charge is 0.306 e. The highest BCUT2D eigenvalue weighted by molar-refractivity contribution is 5.71. The molecule has 0 saturated heterocycles. The second-order valence-electron chi connectivity index (χ2n) is 23.0. The van der Waals surface area contributed by atoms with Gasteiger partial charge >= 0.3 is 17.9 Å². The van der Waals surface area contributed by atoms with Gasteiger partial charge in [-0.15, -0.1) is 0 Å². The van der Waals surface area contributed by atoms with E-state index >= 15 is 0 Å². The second kappa shape index (κ2) is 70.3. The molecule has 0 fully saturated rings. The summed E-state index contributed by atoms with van der Waals surface area (Å²) in [6.07, 6.45) is 98.0. The molecular formula is C77H130O6. The minimum atomic E-state index is -0.791. The lowest BCUT2D eigenvalue weighted by atomic mass is 10.0. The molecule has 0 N–H and O–H groups in total. The highest BCUT2D eigenvalue weighted by Crippen LogP contribution is 2.17. The highest BCUT2D eigenvalue weighted by Gasteiger charge is 2.19. The summed E-state index contributed by atoms with van der Waals surface area (Å²) < 4.78 is 16.9. The molecule has 6 nitrogen and oxygen atoms in total. The monoisotopic (exact) mass is 1150 g/mol. The average molecular weight is 1150 g/mol. The van der Waals surface area contributed by atoms with Crippen molar-refractivity contribution in [2.24, 2.45) is 0 Å². The van der Waals surface area contributed by atoms with E-state index in [1.807, 2.05) is 0 Å². The van der Waals surface area contributed by atoms with Crippen molar-refractivity contribution in [2.45, 2.75) is 335 Å². The van der Waals surface area contributed by atoms with E-state index in [-0.39, 0.29) is 31.1 Å². The molecule has 0 radical (unpaired) electrons. The maximum Gasteiger partial charge on any atom is 0.306 e. The van der Waals surface area contributed by atoms with Crippen molar-refractivity contribution in [2.75, 3.05) is 13.2 Å². The highest BCUT2D eigenvalue weighted by atomic mass is 16.6. The van der Waals surface area contributed by atoms with Crippen LogP contribution in [0.15, 0.2) is 122 Å². The van der Waals surface area contributed by atoms with Gasteiger partial charge < -0.3 is 14.2 Å². The average Bonchev–Trinajstić information content (AvgIpc) is 3.49. The van der Waals surface area contributed by atoms with Gasteiger partial charge in [-0.1, -0.05) is 322 Å². The van der Waals surface area contributed by atoms with E-state index in [4.69, 9.17) is 14.2 Å². The van der Waals surface area contributed by atoms with E-state index in [9.17, 15) is 14.4 Å². The zero-order valence-corrected chi connectivity index (χ0v) is 54.4. The number of esters is 3. The Balaban J connectivity index is 4.20. The van der Waals surface area contributed by atoms with Crippen molar-refractivity contribution in [3.8, 4) is 0 Å². The summed E-state index contributed by atoms with van der Waals surface area (Å²) in [5, 5.41) is 0. The molecule has 0 amide bonds. The van der Waals surface area contributed by atoms with Crippen molar-refractivity contribution in [3.63, 3.8) is 0 Å². The normalized spacial score (nSPS) is 12.9. The van der Waals surface area contributed by atoms with Crippen molar-refractivity contribution in [1.82, 2.24) is 0 Å². The SMILES string of the molecule is CC/C=C\C/C=C\C/C=C\C/C=C\C/C=C\C/C=C\C/C=C\CCCCCCCCCCCCCCCC(=O)OCC(COC(=O)CCCCC/C=C\C/C=C\C/C=C\CC)OC(=O)CCCCCCCCCCCCCCCCCCC. The minimum absolute atomic E-state index is 0.0858. The van der Waals surface area contributed by atoms with Crippen LogP contribution < -0.4 is 0 Å². The molecule has 0 aliphatic carbocycles. The Hall–Kier alpha value is -4.19. The molecule has 0 aliphatic rings. The van der Waals surface area contributed by atoms with Crippen LogP contribution >= 0.6 is 0 Å². The molecule has 0 saturated carbocycles. The molecule has 0 aromatic rings. The number of rotatable bonds is 63. The van der Waals surface area contributed by atoms with Gasteiger partial charge in [0.2, 0.25) is 0 Å². The first-order chi connectivity index (χ1) is 41.0. The third-order valence-corrected chi connectivity index (χ3v) is 15.0. The van der Waals surface area contributed by atoms with E-state index in [1.54, 1.807) is 0 Å². The Bertz CT molecular complexity index is 1700. The first kappa shape index (κ1) is 78.8. The minimum Gasteiger partial charge on any atom is -0.462 e. The van der Waals surface area contributed by atoms with Crippen LogP contribution in [0.4, 0.5) is 0 Å². The van der Waals surface area contributed by atoms with Crippen molar-refractivity contribution in [3.05, 3.63) is 122 Å². The fraction of sp³-hybridized carbons (Fsp3) is 0.701. The standard InChI is InChI=1S/C77H130O6/c1-4-7-10-13-16-19-22-25-27-29-30-31-32-33-34-35-36-37-38-39-40-41-42-43-44-45-46-48-49-52-55-58-61-64-67-70-76(79)82-73-74(72-81-75(78)69-66-63-60-57-54-51-24-21-18-15-12-9-6-3)83-77(80)71-68-65-62-59-56-53-50-47-28-26-23-20-17-14-11-8-5-2/h7,9-10,12,16,18-19,21,25,27,30-31,33-34,36-37,39-40,51,54,74H,4-6,8,11,13-15,17,20,22-24,26,28-29,32,35,38,41-50,52-53,55-73H2,1-3H3/b10-7-,12-9-,19-16-,21-18-,27-25-,31-30-,34-33-,37-36-,40-39-,54-51-. The van der Waals surface area contributed by atoms with Crippen LogP contribution in [0.5, 0.6) is 0 Å². The van der Waals surface area contributed by atoms with E-state index in [0.29, 0.717) is 19.3 Å². The molecule has 0 aliphatic heterocycles. The zero-order chi connectivity index (χ0) is 59.9. The quantitative estimate of drug-likeness (QED) is 0.0261. The molecule has 0 bridgehead atoms. The summed E-state index contributed by atoms with van der Waals surface area (Å²) in [6, 6.07) is 0. The summed E-state index contributed by atoms with van der Waals surface area (Å²) in [5.41, 5.74) is 0. The Morgan fingerprint density at radius 2 is 0.470 bits per heavy atom. The van der Waals surface area contributed by atoms with Gasteiger partial charge in [-0.05, 0) is 109 Å². The topological polar surface area (TPSA) is 78.9 Å². The number of allylic oxidation sites excluding steroid dienone is 20. The summed E-state index contributed by atoms with van der Waals surface area (Å²) in [7, 11) is 0. The lowest BCUT2D eigenvalue weighted by Crippen LogP contribution is -2.30. The van der Waals surface area contributed by atoms with Gasteiger partial charge in [0, 0.05) is 19.3 Å². The lowest BCUT2D eigenvalue weighted by molar-refractivity contribution is -0.167. The van der Waals surface area contributed by atoms with Crippen molar-refractivity contribution < 1.29 is 28.6 Å². The third kappa shape index (κ3) is 68.5. The first-order valence-corrected chi connectivity index (χ1v) is 35.0. The van der Waals surface area contributed by atoms with E-state index in [2.05, 4.69) is 142 Å². The molecule has 83 heavy (non-hydrogen) atoms. The largest absolute Gasteiger partial charge is 0.462 e. The number of unbranched alkanes of at least 4 members (excludes halogenated alkanes) is 32. The van der Waals surface area contributed by atoms with Gasteiger partial charge in [-0.3, -0.25) is 14.4 Å². The van der Waals surface area contributed by atoms with E-state index in [0.717, 1.165) is 128 Å². The van der Waals surface area contributed by atoms with Gasteiger partial charge in [0.25, 0.3) is 0 Å². The molecule has 6 heteroatoms. The number of carbonyl (C=O) groups is 3. The molecule has 0 rings (SSSR count). The number of hydrogen-bond donors (Lipinski definition) is 0. The molecule has 1 unspecified atom stereocenters. The van der Waals surface area contributed by atoms with Crippen LogP contribution in [0.1, 0.15) is 329 Å².